The van der Waals surface area contributed by atoms with Crippen LogP contribution in [0, 0.1) is 6.92 Å². The van der Waals surface area contributed by atoms with Gasteiger partial charge in [0.2, 0.25) is 0 Å². The third kappa shape index (κ3) is 6.03. The molecule has 0 aliphatic rings. The third-order valence-electron chi connectivity index (χ3n) is 3.50. The number of benzene rings is 2. The molecule has 144 valence electrons. The van der Waals surface area contributed by atoms with E-state index in [-0.39, 0.29) is 10.8 Å². The molecule has 0 saturated heterocycles. The molecule has 0 saturated carbocycles. The molecule has 0 aromatic heterocycles. The fourth-order valence-corrected chi connectivity index (χ4v) is 2.74. The van der Waals surface area contributed by atoms with E-state index in [1.807, 2.05) is 0 Å². The van der Waals surface area contributed by atoms with E-state index in [2.05, 4.69) is 0 Å². The molecule has 2 rings (SSSR count). The zero-order valence-electron chi connectivity index (χ0n) is 14.8. The highest BCUT2D eigenvalue weighted by molar-refractivity contribution is 6.35. The van der Waals surface area contributed by atoms with Gasteiger partial charge in [0.1, 0.15) is 11.5 Å². The topological polar surface area (TPSA) is 61.8 Å². The predicted molar refractivity (Wildman–Crippen MR) is 104 cm³/mol. The van der Waals surface area contributed by atoms with Crippen molar-refractivity contribution in [2.24, 2.45) is 0 Å². The average Bonchev–Trinajstić information content (AvgIpc) is 2.59. The number of rotatable bonds is 6. The number of carbonyl (C=O) groups is 2. The highest BCUT2D eigenvalue weighted by Gasteiger charge is 2.25. The molecule has 2 unspecified atom stereocenters. The van der Waals surface area contributed by atoms with Crippen LogP contribution in [-0.4, -0.2) is 24.1 Å². The Morgan fingerprint density at radius 3 is 1.81 bits per heavy atom. The summed E-state index contributed by atoms with van der Waals surface area (Å²) in [6, 6.07) is 9.54. The Bertz CT molecular complexity index is 784. The molecule has 0 bridgehead atoms. The molecule has 0 radical (unpaired) electrons. The molecular formula is C19H17Cl3O5. The molecule has 27 heavy (non-hydrogen) atoms. The summed E-state index contributed by atoms with van der Waals surface area (Å²) in [5.41, 5.74) is 0.752. The fourth-order valence-electron chi connectivity index (χ4n) is 2.06. The summed E-state index contributed by atoms with van der Waals surface area (Å²) >= 11 is 17.7. The van der Waals surface area contributed by atoms with Gasteiger partial charge in [-0.1, -0.05) is 34.8 Å². The summed E-state index contributed by atoms with van der Waals surface area (Å²) in [6.45, 7) is 4.71. The van der Waals surface area contributed by atoms with Crippen molar-refractivity contribution < 1.29 is 23.8 Å². The average molecular weight is 432 g/mol. The summed E-state index contributed by atoms with van der Waals surface area (Å²) in [6.07, 6.45) is -2.06. The maximum atomic E-state index is 12.1. The molecule has 0 fully saturated rings. The standard InChI is InChI=1S/C19H17Cl3O5/c1-10-8-13(20)4-6-16(10)25-11(2)18(23)27-19(24)12(3)26-17-7-5-14(21)9-15(17)22/h4-9,11-12H,1-3H3. The Balaban J connectivity index is 1.94. The molecule has 2 aromatic rings. The summed E-state index contributed by atoms with van der Waals surface area (Å²) in [5.74, 6) is -0.992. The first-order chi connectivity index (χ1) is 12.7. The Kier molecular flexibility index (Phi) is 7.36. The van der Waals surface area contributed by atoms with E-state index in [1.165, 1.54) is 26.0 Å². The largest absolute Gasteiger partial charge is 0.479 e. The van der Waals surface area contributed by atoms with Gasteiger partial charge in [0.25, 0.3) is 0 Å². The van der Waals surface area contributed by atoms with Gasteiger partial charge in [-0.05, 0) is 62.7 Å². The van der Waals surface area contributed by atoms with Crippen LogP contribution >= 0.6 is 34.8 Å². The number of halogens is 3. The van der Waals surface area contributed by atoms with Crippen molar-refractivity contribution in [1.82, 2.24) is 0 Å². The minimum atomic E-state index is -1.06. The second-order valence-corrected chi connectivity index (χ2v) is 7.02. The number of hydrogen-bond donors (Lipinski definition) is 0. The maximum absolute atomic E-state index is 12.1. The third-order valence-corrected chi connectivity index (χ3v) is 4.27. The van der Waals surface area contributed by atoms with Crippen molar-refractivity contribution in [3.8, 4) is 11.5 Å². The monoisotopic (exact) mass is 430 g/mol. The quantitative estimate of drug-likeness (QED) is 0.461. The summed E-state index contributed by atoms with van der Waals surface area (Å²) in [4.78, 5) is 24.2. The molecule has 0 spiro atoms. The van der Waals surface area contributed by atoms with Crippen LogP contribution in [0.15, 0.2) is 36.4 Å². The van der Waals surface area contributed by atoms with Crippen LogP contribution in [0.1, 0.15) is 19.4 Å². The molecule has 0 amide bonds. The minimum Gasteiger partial charge on any atom is -0.479 e. The van der Waals surface area contributed by atoms with Crippen LogP contribution in [0.25, 0.3) is 0 Å². The SMILES string of the molecule is Cc1cc(Cl)ccc1OC(C)C(=O)OC(=O)C(C)Oc1ccc(Cl)cc1Cl. The molecule has 0 heterocycles. The van der Waals surface area contributed by atoms with Gasteiger partial charge in [-0.25, -0.2) is 9.59 Å². The molecule has 0 aliphatic carbocycles. The van der Waals surface area contributed by atoms with E-state index in [1.54, 1.807) is 31.2 Å². The zero-order chi connectivity index (χ0) is 20.1. The molecular weight excluding hydrogens is 415 g/mol. The van der Waals surface area contributed by atoms with Gasteiger partial charge in [-0.2, -0.15) is 0 Å². The van der Waals surface area contributed by atoms with Gasteiger partial charge in [-0.3, -0.25) is 0 Å². The summed E-state index contributed by atoms with van der Waals surface area (Å²) in [7, 11) is 0. The Morgan fingerprint density at radius 2 is 1.30 bits per heavy atom. The van der Waals surface area contributed by atoms with Crippen LogP contribution in [0.5, 0.6) is 11.5 Å². The second-order valence-electron chi connectivity index (χ2n) is 5.74. The Labute approximate surface area is 172 Å². The van der Waals surface area contributed by atoms with Crippen molar-refractivity contribution >= 4 is 46.7 Å². The van der Waals surface area contributed by atoms with E-state index >= 15 is 0 Å². The van der Waals surface area contributed by atoms with E-state index in [0.717, 1.165) is 5.56 Å². The van der Waals surface area contributed by atoms with Gasteiger partial charge in [0.15, 0.2) is 12.2 Å². The van der Waals surface area contributed by atoms with E-state index in [4.69, 9.17) is 49.0 Å². The molecule has 2 atom stereocenters. The lowest BCUT2D eigenvalue weighted by Crippen LogP contribution is -2.34. The van der Waals surface area contributed by atoms with Gasteiger partial charge in [0, 0.05) is 10.0 Å². The van der Waals surface area contributed by atoms with Crippen molar-refractivity contribution in [3.05, 3.63) is 57.0 Å². The smallest absolute Gasteiger partial charge is 0.354 e. The summed E-state index contributed by atoms with van der Waals surface area (Å²) in [5, 5.41) is 1.22. The summed E-state index contributed by atoms with van der Waals surface area (Å²) < 4.78 is 15.8. The highest BCUT2D eigenvalue weighted by Crippen LogP contribution is 2.28. The van der Waals surface area contributed by atoms with Crippen LogP contribution in [-0.2, 0) is 14.3 Å². The number of hydrogen-bond acceptors (Lipinski definition) is 5. The first-order valence-electron chi connectivity index (χ1n) is 7.97. The number of carbonyl (C=O) groups excluding carboxylic acids is 2. The van der Waals surface area contributed by atoms with E-state index in [9.17, 15) is 9.59 Å². The van der Waals surface area contributed by atoms with Crippen molar-refractivity contribution in [2.75, 3.05) is 0 Å². The van der Waals surface area contributed by atoms with Crippen LogP contribution in [0.3, 0.4) is 0 Å². The normalized spacial score (nSPS) is 12.8. The van der Waals surface area contributed by atoms with Crippen molar-refractivity contribution in [1.29, 1.82) is 0 Å². The molecule has 0 N–H and O–H groups in total. The molecule has 2 aromatic carbocycles. The second kappa shape index (κ2) is 9.31. The van der Waals surface area contributed by atoms with Gasteiger partial charge < -0.3 is 14.2 Å². The van der Waals surface area contributed by atoms with Gasteiger partial charge >= 0.3 is 11.9 Å². The lowest BCUT2D eigenvalue weighted by Gasteiger charge is -2.17. The van der Waals surface area contributed by atoms with Crippen molar-refractivity contribution in [2.45, 2.75) is 33.0 Å². The lowest BCUT2D eigenvalue weighted by atomic mass is 10.2. The highest BCUT2D eigenvalue weighted by atomic mass is 35.5. The Hall–Kier alpha value is -1.95. The fraction of sp³-hybridized carbons (Fsp3) is 0.263. The first-order valence-corrected chi connectivity index (χ1v) is 9.11. The number of ether oxygens (including phenoxy) is 3. The van der Waals surface area contributed by atoms with Crippen LogP contribution < -0.4 is 9.47 Å². The van der Waals surface area contributed by atoms with Gasteiger partial charge in [0.05, 0.1) is 5.02 Å². The molecule has 0 aliphatic heterocycles. The van der Waals surface area contributed by atoms with Crippen LogP contribution in [0.4, 0.5) is 0 Å². The first kappa shape index (κ1) is 21.4. The number of aryl methyl sites for hydroxylation is 1. The van der Waals surface area contributed by atoms with Crippen molar-refractivity contribution in [3.63, 3.8) is 0 Å². The zero-order valence-corrected chi connectivity index (χ0v) is 17.1. The Morgan fingerprint density at radius 1 is 0.815 bits per heavy atom. The maximum Gasteiger partial charge on any atom is 0.354 e. The lowest BCUT2D eigenvalue weighted by molar-refractivity contribution is -0.168. The molecule has 8 heteroatoms. The van der Waals surface area contributed by atoms with Gasteiger partial charge in [-0.15, -0.1) is 0 Å². The molecule has 5 nitrogen and oxygen atoms in total. The van der Waals surface area contributed by atoms with Crippen LogP contribution in [0.2, 0.25) is 15.1 Å². The van der Waals surface area contributed by atoms with E-state index < -0.39 is 24.1 Å². The number of esters is 2. The minimum absolute atomic E-state index is 0.239. The predicted octanol–water partition coefficient (Wildman–Crippen LogP) is 5.26. The van der Waals surface area contributed by atoms with E-state index in [0.29, 0.717) is 15.8 Å².